The van der Waals surface area contributed by atoms with Gasteiger partial charge in [0.1, 0.15) is 0 Å². The molecule has 9 heteroatoms. The second kappa shape index (κ2) is 8.75. The minimum atomic E-state index is -4.54. The van der Waals surface area contributed by atoms with Crippen LogP contribution in [0.3, 0.4) is 0 Å². The summed E-state index contributed by atoms with van der Waals surface area (Å²) >= 11 is 0. The van der Waals surface area contributed by atoms with Crippen LogP contribution in [0.15, 0.2) is 48.5 Å². The number of hydrogen-bond donors (Lipinski definition) is 2. The molecule has 0 spiro atoms. The Kier molecular flexibility index (Phi) is 6.63. The number of esters is 1. The van der Waals surface area contributed by atoms with Crippen LogP contribution in [0, 0.1) is 0 Å². The van der Waals surface area contributed by atoms with Crippen molar-refractivity contribution in [3.05, 3.63) is 59.7 Å². The second-order valence-electron chi connectivity index (χ2n) is 5.73. The maximum atomic E-state index is 13.0. The first-order valence-corrected chi connectivity index (χ1v) is 8.19. The molecule has 1 heterocycles. The highest BCUT2D eigenvalue weighted by Gasteiger charge is 2.37. The number of fused-ring (bicyclic) bond motifs is 1. The van der Waals surface area contributed by atoms with Crippen LogP contribution in [0.2, 0.25) is 0 Å². The molecule has 2 amide bonds. The molecular weight excluding hydrogens is 377 g/mol. The number of aliphatic hydroxyl groups excluding tert-OH is 1. The van der Waals surface area contributed by atoms with Gasteiger partial charge in [-0.05, 0) is 29.8 Å². The second-order valence-corrected chi connectivity index (χ2v) is 5.73. The van der Waals surface area contributed by atoms with E-state index in [-0.39, 0.29) is 12.1 Å². The smallest absolute Gasteiger partial charge is 0.416 e. The van der Waals surface area contributed by atoms with Crippen molar-refractivity contribution in [2.75, 3.05) is 24.4 Å². The summed E-state index contributed by atoms with van der Waals surface area (Å²) in [6.45, 7) is 0. The van der Waals surface area contributed by atoms with Crippen LogP contribution >= 0.6 is 0 Å². The Labute approximate surface area is 159 Å². The predicted molar refractivity (Wildman–Crippen MR) is 96.9 cm³/mol. The highest BCUT2D eigenvalue weighted by Crippen LogP contribution is 2.40. The molecule has 1 aliphatic heterocycles. The van der Waals surface area contributed by atoms with E-state index in [1.54, 1.807) is 24.3 Å². The van der Waals surface area contributed by atoms with Crippen molar-refractivity contribution in [1.82, 2.24) is 0 Å². The summed E-state index contributed by atoms with van der Waals surface area (Å²) in [7, 11) is 2.21. The summed E-state index contributed by atoms with van der Waals surface area (Å²) in [5.41, 5.74) is 0.295. The number of hydrogen-bond acceptors (Lipinski definition) is 4. The minimum Gasteiger partial charge on any atom is -0.469 e. The molecule has 1 unspecified atom stereocenters. The normalized spacial score (nSPS) is 15.7. The number of ether oxygens (including phenoxy) is 1. The Morgan fingerprint density at radius 3 is 2.50 bits per heavy atom. The molecule has 2 aromatic rings. The molecule has 0 saturated carbocycles. The van der Waals surface area contributed by atoms with Gasteiger partial charge in [-0.3, -0.25) is 9.69 Å². The molecule has 150 valence electrons. The quantitative estimate of drug-likeness (QED) is 0.770. The number of nitrogens with zero attached hydrogens (tertiary/aromatic N) is 1. The lowest BCUT2D eigenvalue weighted by Gasteiger charge is -2.37. The van der Waals surface area contributed by atoms with Crippen LogP contribution in [-0.4, -0.2) is 31.3 Å². The molecule has 0 radical (unpaired) electrons. The van der Waals surface area contributed by atoms with Gasteiger partial charge in [0.05, 0.1) is 25.1 Å². The van der Waals surface area contributed by atoms with Crippen LogP contribution in [0.1, 0.15) is 23.6 Å². The Morgan fingerprint density at radius 1 is 1.18 bits per heavy atom. The standard InChI is InChI=1S/C18H15F3N2O3.CH4O/c1-26-16(24)10-15-13-7-2-3-8-14(13)22-17(25)23(15)12-6-4-5-11(9-12)18(19,20)21;1-2/h2-9,15H,10H2,1H3,(H,22,25);2H,1H3. The number of para-hydroxylation sites is 1. The average molecular weight is 396 g/mol. The fraction of sp³-hybridized carbons (Fsp3) is 0.263. The zero-order valence-corrected chi connectivity index (χ0v) is 15.2. The molecule has 3 rings (SSSR count). The lowest BCUT2D eigenvalue weighted by atomic mass is 9.97. The number of nitrogens with one attached hydrogen (secondary N) is 1. The van der Waals surface area contributed by atoms with Gasteiger partial charge in [0.2, 0.25) is 0 Å². The molecule has 0 aromatic heterocycles. The van der Waals surface area contributed by atoms with Crippen LogP contribution in [-0.2, 0) is 15.7 Å². The van der Waals surface area contributed by atoms with Gasteiger partial charge in [0, 0.05) is 18.5 Å². The zero-order chi connectivity index (χ0) is 20.9. The summed E-state index contributed by atoms with van der Waals surface area (Å²) in [5.74, 6) is -0.573. The molecular formula is C19H19F3N2O4. The van der Waals surface area contributed by atoms with E-state index in [0.29, 0.717) is 11.3 Å². The summed E-state index contributed by atoms with van der Waals surface area (Å²) in [6, 6.07) is 9.86. The van der Waals surface area contributed by atoms with E-state index in [2.05, 4.69) is 10.1 Å². The summed E-state index contributed by atoms with van der Waals surface area (Å²) in [4.78, 5) is 25.6. The van der Waals surface area contributed by atoms with E-state index >= 15 is 0 Å². The van der Waals surface area contributed by atoms with Gasteiger partial charge < -0.3 is 15.2 Å². The monoisotopic (exact) mass is 396 g/mol. The van der Waals surface area contributed by atoms with Crippen molar-refractivity contribution >= 4 is 23.4 Å². The lowest BCUT2D eigenvalue weighted by Crippen LogP contribution is -2.43. The first-order valence-electron chi connectivity index (χ1n) is 8.19. The Hall–Kier alpha value is -3.07. The number of rotatable bonds is 3. The minimum absolute atomic E-state index is 0.0423. The third-order valence-electron chi connectivity index (χ3n) is 4.13. The number of methoxy groups -OCH3 is 1. The van der Waals surface area contributed by atoms with Crippen molar-refractivity contribution in [1.29, 1.82) is 0 Å². The van der Waals surface area contributed by atoms with E-state index < -0.39 is 29.8 Å². The van der Waals surface area contributed by atoms with Gasteiger partial charge >= 0.3 is 18.2 Å². The first-order chi connectivity index (χ1) is 13.3. The topological polar surface area (TPSA) is 78.9 Å². The number of benzene rings is 2. The maximum Gasteiger partial charge on any atom is 0.416 e. The number of amides is 2. The van der Waals surface area contributed by atoms with Gasteiger partial charge in [-0.25, -0.2) is 4.79 Å². The number of urea groups is 1. The van der Waals surface area contributed by atoms with Gasteiger partial charge in [-0.1, -0.05) is 24.3 Å². The number of carbonyl (C=O) groups excluding carboxylic acids is 2. The largest absolute Gasteiger partial charge is 0.469 e. The number of carbonyl (C=O) groups is 2. The van der Waals surface area contributed by atoms with Crippen molar-refractivity contribution in [3.63, 3.8) is 0 Å². The predicted octanol–water partition coefficient (Wildman–Crippen LogP) is 3.97. The van der Waals surface area contributed by atoms with Crippen LogP contribution in [0.25, 0.3) is 0 Å². The highest BCUT2D eigenvalue weighted by atomic mass is 19.4. The highest BCUT2D eigenvalue weighted by molar-refractivity contribution is 6.05. The maximum absolute atomic E-state index is 13.0. The molecule has 1 aliphatic rings. The fourth-order valence-corrected chi connectivity index (χ4v) is 2.93. The average Bonchev–Trinajstić information content (AvgIpc) is 2.69. The van der Waals surface area contributed by atoms with E-state index in [9.17, 15) is 22.8 Å². The molecule has 2 aromatic carbocycles. The molecule has 2 N–H and O–H groups in total. The van der Waals surface area contributed by atoms with Gasteiger partial charge in [0.25, 0.3) is 0 Å². The molecule has 0 aliphatic carbocycles. The number of halogens is 3. The SMILES string of the molecule is CO.COC(=O)CC1c2ccccc2NC(=O)N1c1cccc(C(F)(F)F)c1. The van der Waals surface area contributed by atoms with E-state index in [1.807, 2.05) is 0 Å². The summed E-state index contributed by atoms with van der Waals surface area (Å²) in [6.07, 6.45) is -4.73. The molecule has 1 atom stereocenters. The third kappa shape index (κ3) is 4.42. The van der Waals surface area contributed by atoms with Crippen LogP contribution in [0.4, 0.5) is 29.3 Å². The lowest BCUT2D eigenvalue weighted by molar-refractivity contribution is -0.141. The van der Waals surface area contributed by atoms with Crippen molar-refractivity contribution in [2.45, 2.75) is 18.6 Å². The van der Waals surface area contributed by atoms with E-state index in [0.717, 1.165) is 24.1 Å². The van der Waals surface area contributed by atoms with E-state index in [4.69, 9.17) is 5.11 Å². The van der Waals surface area contributed by atoms with Gasteiger partial charge in [-0.2, -0.15) is 13.2 Å². The fourth-order valence-electron chi connectivity index (χ4n) is 2.93. The molecule has 6 nitrogen and oxygen atoms in total. The van der Waals surface area contributed by atoms with Crippen molar-refractivity contribution < 1.29 is 32.6 Å². The zero-order valence-electron chi connectivity index (χ0n) is 15.2. The number of aliphatic hydroxyl groups is 1. The van der Waals surface area contributed by atoms with Crippen LogP contribution in [0.5, 0.6) is 0 Å². The van der Waals surface area contributed by atoms with Crippen LogP contribution < -0.4 is 10.2 Å². The van der Waals surface area contributed by atoms with E-state index in [1.165, 1.54) is 19.2 Å². The number of alkyl halides is 3. The summed E-state index contributed by atoms with van der Waals surface area (Å²) < 4.78 is 43.8. The molecule has 28 heavy (non-hydrogen) atoms. The van der Waals surface area contributed by atoms with Gasteiger partial charge in [-0.15, -0.1) is 0 Å². The first kappa shape index (κ1) is 21.2. The molecule has 0 saturated heterocycles. The number of anilines is 2. The molecule has 0 fully saturated rings. The Morgan fingerprint density at radius 2 is 1.86 bits per heavy atom. The summed E-state index contributed by atoms with van der Waals surface area (Å²) in [5, 5.41) is 9.64. The Balaban J connectivity index is 0.00000136. The van der Waals surface area contributed by atoms with Crippen molar-refractivity contribution in [2.24, 2.45) is 0 Å². The van der Waals surface area contributed by atoms with Gasteiger partial charge in [0.15, 0.2) is 0 Å². The molecule has 0 bridgehead atoms. The third-order valence-corrected chi connectivity index (χ3v) is 4.13. The Bertz CT molecular complexity index is 855. The van der Waals surface area contributed by atoms with Crippen molar-refractivity contribution in [3.8, 4) is 0 Å².